The van der Waals surface area contributed by atoms with Crippen LogP contribution < -0.4 is 0 Å². The van der Waals surface area contributed by atoms with Crippen molar-refractivity contribution in [2.45, 2.75) is 522 Å². The van der Waals surface area contributed by atoms with Crippen LogP contribution in [0.1, 0.15) is 504 Å². The molecule has 0 spiro atoms. The lowest BCUT2D eigenvalue weighted by atomic mass is 10.0. The third kappa shape index (κ3) is 85.9. The molecule has 0 aliphatic carbocycles. The maximum atomic E-state index is 13.2. The minimum Gasteiger partial charge on any atom is -0.462 e. The van der Waals surface area contributed by atoms with Gasteiger partial charge in [0.05, 0.1) is 26.4 Å². The molecule has 17 nitrogen and oxygen atoms in total. The largest absolute Gasteiger partial charge is 0.472 e. The van der Waals surface area contributed by atoms with Crippen molar-refractivity contribution >= 4 is 39.5 Å². The molecule has 0 bridgehead atoms. The minimum atomic E-state index is -4.97. The van der Waals surface area contributed by atoms with Crippen molar-refractivity contribution in [2.75, 3.05) is 39.6 Å². The molecule has 5 atom stereocenters. The van der Waals surface area contributed by atoms with E-state index >= 15 is 0 Å². The van der Waals surface area contributed by atoms with Crippen LogP contribution in [0.5, 0.6) is 0 Å². The fourth-order valence-corrected chi connectivity index (χ4v) is 16.2. The van der Waals surface area contributed by atoms with Gasteiger partial charge in [0.2, 0.25) is 0 Å². The van der Waals surface area contributed by atoms with Crippen molar-refractivity contribution in [3.8, 4) is 0 Å². The minimum absolute atomic E-state index is 0.109. The Morgan fingerprint density at radius 1 is 0.241 bits per heavy atom. The van der Waals surface area contributed by atoms with E-state index < -0.39 is 97.5 Å². The van der Waals surface area contributed by atoms with Crippen LogP contribution in [0.4, 0.5) is 0 Å². The maximum absolute atomic E-state index is 13.2. The van der Waals surface area contributed by atoms with E-state index in [0.717, 1.165) is 102 Å². The van der Waals surface area contributed by atoms with Gasteiger partial charge in [0.25, 0.3) is 0 Å². The molecule has 0 aliphatic rings. The van der Waals surface area contributed by atoms with E-state index in [0.29, 0.717) is 25.7 Å². The van der Waals surface area contributed by atoms with Crippen LogP contribution in [-0.4, -0.2) is 96.7 Å². The molecular weight excluding hydrogens is 1450 g/mol. The summed E-state index contributed by atoms with van der Waals surface area (Å²) in [5.41, 5.74) is 0. The predicted molar refractivity (Wildman–Crippen MR) is 465 cm³/mol. The molecule has 0 saturated carbocycles. The van der Waals surface area contributed by atoms with Gasteiger partial charge in [-0.05, 0) is 37.5 Å². The van der Waals surface area contributed by atoms with Gasteiger partial charge in [-0.1, -0.05) is 452 Å². The monoisotopic (exact) mass is 1630 g/mol. The number of hydrogen-bond acceptors (Lipinski definition) is 15. The van der Waals surface area contributed by atoms with Gasteiger partial charge in [0, 0.05) is 25.7 Å². The summed E-state index contributed by atoms with van der Waals surface area (Å²) in [7, 11) is -9.94. The number of phosphoric ester groups is 2. The number of ether oxygens (including phenoxy) is 4. The van der Waals surface area contributed by atoms with Gasteiger partial charge in [-0.15, -0.1) is 0 Å². The highest BCUT2D eigenvalue weighted by Crippen LogP contribution is 2.45. The van der Waals surface area contributed by atoms with E-state index in [4.69, 9.17) is 37.0 Å². The van der Waals surface area contributed by atoms with E-state index in [1.165, 1.54) is 321 Å². The standard InChI is InChI=1S/C93H182O17P2/c1-7-9-11-13-15-17-19-21-22-23-24-25-26-27-28-36-41-47-53-59-65-71-77-92(97)110-89(82-104-91(96)76-70-64-58-52-46-40-35-31-29-33-38-43-49-55-61-67-73-85(3)4)84-108-112(101,102)106-80-87(94)79-105-111(99,100)107-83-88(81-103-90(95)75-69-63-57-51-45-20-18-16-14-12-10-8-2)109-93(98)78-72-66-60-54-48-42-37-32-30-34-39-44-50-56-62-68-74-86(5)6/h85-89,94H,7-84H2,1-6H3,(H,99,100)(H,101,102)/t87-,88+,89+/m0/s1. The molecule has 19 heteroatoms. The molecule has 0 aromatic rings. The van der Waals surface area contributed by atoms with Crippen molar-refractivity contribution in [2.24, 2.45) is 11.8 Å². The highest BCUT2D eigenvalue weighted by atomic mass is 31.2. The Morgan fingerprint density at radius 3 is 0.607 bits per heavy atom. The summed E-state index contributed by atoms with van der Waals surface area (Å²) in [4.78, 5) is 73.5. The lowest BCUT2D eigenvalue weighted by Gasteiger charge is -2.21. The summed E-state index contributed by atoms with van der Waals surface area (Å²) < 4.78 is 69.1. The highest BCUT2D eigenvalue weighted by molar-refractivity contribution is 7.47. The molecule has 0 heterocycles. The number of aliphatic hydroxyl groups is 1. The van der Waals surface area contributed by atoms with E-state index in [1.807, 2.05) is 0 Å². The first-order valence-corrected chi connectivity index (χ1v) is 51.0. The van der Waals surface area contributed by atoms with Crippen molar-refractivity contribution in [3.05, 3.63) is 0 Å². The summed E-state index contributed by atoms with van der Waals surface area (Å²) in [6, 6.07) is 0. The lowest BCUT2D eigenvalue weighted by molar-refractivity contribution is -0.161. The predicted octanol–water partition coefficient (Wildman–Crippen LogP) is 29.0. The third-order valence-corrected chi connectivity index (χ3v) is 23.9. The number of hydrogen-bond donors (Lipinski definition) is 3. The number of aliphatic hydroxyl groups excluding tert-OH is 1. The van der Waals surface area contributed by atoms with E-state index in [2.05, 4.69) is 41.5 Å². The first-order valence-electron chi connectivity index (χ1n) is 48.0. The second kappa shape index (κ2) is 84.1. The van der Waals surface area contributed by atoms with Gasteiger partial charge in [0.1, 0.15) is 19.3 Å². The molecule has 0 aromatic carbocycles. The number of unbranched alkanes of at least 4 members (excludes halogenated alkanes) is 62. The second-order valence-electron chi connectivity index (χ2n) is 34.4. The smallest absolute Gasteiger partial charge is 0.462 e. The van der Waals surface area contributed by atoms with Crippen LogP contribution in [0.3, 0.4) is 0 Å². The normalized spacial score (nSPS) is 13.7. The van der Waals surface area contributed by atoms with Crippen LogP contribution in [0.25, 0.3) is 0 Å². The number of esters is 4. The quantitative estimate of drug-likeness (QED) is 0.0222. The Morgan fingerprint density at radius 2 is 0.411 bits per heavy atom. The molecule has 0 amide bonds. The number of carbonyl (C=O) groups excluding carboxylic acids is 4. The highest BCUT2D eigenvalue weighted by Gasteiger charge is 2.31. The molecule has 0 aliphatic heterocycles. The van der Waals surface area contributed by atoms with Crippen LogP contribution >= 0.6 is 15.6 Å². The van der Waals surface area contributed by atoms with Crippen molar-refractivity contribution in [3.63, 3.8) is 0 Å². The number of rotatable bonds is 92. The average Bonchev–Trinajstić information content (AvgIpc) is 0.898. The van der Waals surface area contributed by atoms with Gasteiger partial charge in [-0.2, -0.15) is 0 Å². The first kappa shape index (κ1) is 110. The molecule has 0 rings (SSSR count). The Labute approximate surface area is 689 Å². The SMILES string of the molecule is CCCCCCCCCCCCCCCCCCCCCCCCC(=O)O[C@H](COC(=O)CCCCCCCCCCCCCCCCCCC(C)C)COP(=O)(O)OC[C@@H](O)COP(=O)(O)OC[C@@H](COC(=O)CCCCCCCCCCCCCC)OC(=O)CCCCCCCCCCCCCCCCCCC(C)C. The number of carbonyl (C=O) groups is 4. The molecule has 666 valence electrons. The fourth-order valence-electron chi connectivity index (χ4n) is 14.7. The van der Waals surface area contributed by atoms with Gasteiger partial charge in [-0.3, -0.25) is 37.3 Å². The number of phosphoric acid groups is 2. The fraction of sp³-hybridized carbons (Fsp3) is 0.957. The van der Waals surface area contributed by atoms with Crippen molar-refractivity contribution < 1.29 is 80.2 Å². The molecule has 0 aromatic heterocycles. The Balaban J connectivity index is 5.24. The molecule has 3 N–H and O–H groups in total. The van der Waals surface area contributed by atoms with Gasteiger partial charge < -0.3 is 33.8 Å². The van der Waals surface area contributed by atoms with E-state index in [-0.39, 0.29) is 25.7 Å². The Bertz CT molecular complexity index is 2130. The summed E-state index contributed by atoms with van der Waals surface area (Å²) >= 11 is 0. The van der Waals surface area contributed by atoms with Crippen molar-refractivity contribution in [1.29, 1.82) is 0 Å². The summed E-state index contributed by atoms with van der Waals surface area (Å²) in [5, 5.41) is 10.7. The van der Waals surface area contributed by atoms with Gasteiger partial charge in [-0.25, -0.2) is 9.13 Å². The zero-order valence-corrected chi connectivity index (χ0v) is 75.8. The van der Waals surface area contributed by atoms with Crippen LogP contribution in [-0.2, 0) is 65.4 Å². The topological polar surface area (TPSA) is 237 Å². The molecule has 0 saturated heterocycles. The summed E-state index contributed by atoms with van der Waals surface area (Å²) in [6.07, 6.45) is 79.2. The van der Waals surface area contributed by atoms with Crippen LogP contribution in [0.2, 0.25) is 0 Å². The van der Waals surface area contributed by atoms with Gasteiger partial charge in [0.15, 0.2) is 12.2 Å². The lowest BCUT2D eigenvalue weighted by Crippen LogP contribution is -2.30. The molecule has 0 fully saturated rings. The summed E-state index contributed by atoms with van der Waals surface area (Å²) in [5.74, 6) is -0.470. The zero-order chi connectivity index (χ0) is 82.0. The molecule has 2 unspecified atom stereocenters. The van der Waals surface area contributed by atoms with E-state index in [1.54, 1.807) is 0 Å². The van der Waals surface area contributed by atoms with Crippen LogP contribution in [0, 0.1) is 11.8 Å². The summed E-state index contributed by atoms with van der Waals surface area (Å²) in [6.45, 7) is 9.78. The zero-order valence-electron chi connectivity index (χ0n) is 74.0. The Kier molecular flexibility index (Phi) is 82.6. The Hall–Kier alpha value is -1.94. The van der Waals surface area contributed by atoms with E-state index in [9.17, 15) is 43.2 Å². The first-order chi connectivity index (χ1) is 54.4. The second-order valence-corrected chi connectivity index (χ2v) is 37.3. The molecule has 0 radical (unpaired) electrons. The molecular formula is C93H182O17P2. The van der Waals surface area contributed by atoms with Crippen molar-refractivity contribution in [1.82, 2.24) is 0 Å². The third-order valence-electron chi connectivity index (χ3n) is 22.0. The van der Waals surface area contributed by atoms with Gasteiger partial charge >= 0.3 is 39.5 Å². The molecule has 112 heavy (non-hydrogen) atoms. The maximum Gasteiger partial charge on any atom is 0.472 e. The average molecular weight is 1630 g/mol. The van der Waals surface area contributed by atoms with Crippen LogP contribution in [0.15, 0.2) is 0 Å².